The molecular weight excluding hydrogens is 344 g/mol. The molecule has 0 saturated heterocycles. The van der Waals surface area contributed by atoms with Crippen LogP contribution in [0.1, 0.15) is 0 Å². The van der Waals surface area contributed by atoms with Gasteiger partial charge < -0.3 is 10.1 Å². The van der Waals surface area contributed by atoms with E-state index in [2.05, 4.69) is 5.32 Å². The minimum Gasteiger partial charge on any atom is -0.484 e. The van der Waals surface area contributed by atoms with Gasteiger partial charge in [-0.2, -0.15) is 0 Å². The van der Waals surface area contributed by atoms with Gasteiger partial charge in [-0.25, -0.2) is 0 Å². The summed E-state index contributed by atoms with van der Waals surface area (Å²) in [4.78, 5) is 22.2. The lowest BCUT2D eigenvalue weighted by atomic mass is 10.1. The molecule has 7 heteroatoms. The van der Waals surface area contributed by atoms with Crippen molar-refractivity contribution in [3.63, 3.8) is 0 Å². The molecule has 126 valence electrons. The second-order valence-electron chi connectivity index (χ2n) is 5.27. The van der Waals surface area contributed by atoms with Crippen LogP contribution in [0.3, 0.4) is 0 Å². The summed E-state index contributed by atoms with van der Waals surface area (Å²) < 4.78 is 5.48. The van der Waals surface area contributed by atoms with E-state index in [9.17, 15) is 14.9 Å². The number of halogens is 1. The monoisotopic (exact) mass is 356 g/mol. The van der Waals surface area contributed by atoms with Gasteiger partial charge in [0, 0.05) is 11.8 Å². The minimum atomic E-state index is -0.608. The zero-order valence-electron chi connectivity index (χ0n) is 12.9. The number of benzene rings is 3. The third-order valence-electron chi connectivity index (χ3n) is 3.52. The minimum absolute atomic E-state index is 0.00964. The van der Waals surface area contributed by atoms with E-state index in [0.29, 0.717) is 5.75 Å². The average Bonchev–Trinajstić information content (AvgIpc) is 2.61. The molecule has 0 atom stereocenters. The number of hydrogen-bond acceptors (Lipinski definition) is 4. The van der Waals surface area contributed by atoms with Gasteiger partial charge in [-0.1, -0.05) is 41.9 Å². The Morgan fingerprint density at radius 2 is 1.84 bits per heavy atom. The van der Waals surface area contributed by atoms with Gasteiger partial charge in [0.1, 0.15) is 10.8 Å². The highest BCUT2D eigenvalue weighted by Crippen LogP contribution is 2.27. The summed E-state index contributed by atoms with van der Waals surface area (Å²) in [5.41, 5.74) is 0.0122. The summed E-state index contributed by atoms with van der Waals surface area (Å²) in [6.07, 6.45) is 0. The number of fused-ring (bicyclic) bond motifs is 1. The van der Waals surface area contributed by atoms with Gasteiger partial charge in [0.2, 0.25) is 0 Å². The summed E-state index contributed by atoms with van der Waals surface area (Å²) in [5, 5.41) is 15.5. The van der Waals surface area contributed by atoms with Crippen LogP contribution < -0.4 is 10.1 Å². The van der Waals surface area contributed by atoms with Crippen LogP contribution >= 0.6 is 11.6 Å². The molecule has 6 nitrogen and oxygen atoms in total. The van der Waals surface area contributed by atoms with Crippen molar-refractivity contribution in [1.29, 1.82) is 0 Å². The van der Waals surface area contributed by atoms with Crippen molar-refractivity contribution in [2.24, 2.45) is 0 Å². The Kier molecular flexibility index (Phi) is 4.81. The van der Waals surface area contributed by atoms with E-state index < -0.39 is 10.8 Å². The van der Waals surface area contributed by atoms with Crippen LogP contribution in [0, 0.1) is 10.1 Å². The van der Waals surface area contributed by atoms with E-state index >= 15 is 0 Å². The smallest absolute Gasteiger partial charge is 0.289 e. The number of nitro groups is 1. The number of amides is 1. The largest absolute Gasteiger partial charge is 0.484 e. The number of anilines is 1. The van der Waals surface area contributed by atoms with E-state index in [1.54, 1.807) is 6.07 Å². The van der Waals surface area contributed by atoms with Gasteiger partial charge in [0.25, 0.3) is 11.6 Å². The van der Waals surface area contributed by atoms with Crippen molar-refractivity contribution < 1.29 is 14.5 Å². The molecule has 25 heavy (non-hydrogen) atoms. The van der Waals surface area contributed by atoms with E-state index in [-0.39, 0.29) is 23.0 Å². The van der Waals surface area contributed by atoms with Gasteiger partial charge in [0.05, 0.1) is 4.92 Å². The highest BCUT2D eigenvalue weighted by molar-refractivity contribution is 6.32. The fourth-order valence-corrected chi connectivity index (χ4v) is 2.52. The predicted octanol–water partition coefficient (Wildman–Crippen LogP) is 4.42. The zero-order chi connectivity index (χ0) is 17.8. The maximum atomic E-state index is 12.0. The number of carbonyl (C=O) groups excluding carboxylic acids is 1. The summed E-state index contributed by atoms with van der Waals surface area (Å²) >= 11 is 5.74. The maximum Gasteiger partial charge on any atom is 0.289 e. The highest BCUT2D eigenvalue weighted by atomic mass is 35.5. The standard InChI is InChI=1S/C18H13ClN2O4/c19-16-8-6-14(10-17(16)21(23)24)20-18(22)11-25-15-7-5-12-3-1-2-4-13(12)9-15/h1-10H,11H2,(H,20,22). The molecule has 0 aromatic heterocycles. The molecule has 3 rings (SSSR count). The summed E-state index contributed by atoms with van der Waals surface area (Å²) in [6, 6.07) is 17.4. The van der Waals surface area contributed by atoms with Crippen molar-refractivity contribution in [3.05, 3.63) is 75.8 Å². The summed E-state index contributed by atoms with van der Waals surface area (Å²) in [7, 11) is 0. The number of rotatable bonds is 5. The Hall–Kier alpha value is -3.12. The topological polar surface area (TPSA) is 81.5 Å². The molecule has 0 heterocycles. The lowest BCUT2D eigenvalue weighted by Gasteiger charge is -2.08. The molecule has 0 spiro atoms. The lowest BCUT2D eigenvalue weighted by Crippen LogP contribution is -2.20. The van der Waals surface area contributed by atoms with Crippen molar-refractivity contribution in [2.45, 2.75) is 0 Å². The fourth-order valence-electron chi connectivity index (χ4n) is 2.33. The Morgan fingerprint density at radius 3 is 2.60 bits per heavy atom. The van der Waals surface area contributed by atoms with Gasteiger partial charge in [-0.3, -0.25) is 14.9 Å². The first-order valence-corrected chi connectivity index (χ1v) is 7.76. The SMILES string of the molecule is O=C(COc1ccc2ccccc2c1)Nc1ccc(Cl)c([N+](=O)[O-])c1. The molecule has 0 radical (unpaired) electrons. The van der Waals surface area contributed by atoms with Crippen molar-refractivity contribution in [1.82, 2.24) is 0 Å². The number of hydrogen-bond donors (Lipinski definition) is 1. The molecule has 1 N–H and O–H groups in total. The zero-order valence-corrected chi connectivity index (χ0v) is 13.7. The molecular formula is C18H13ClN2O4. The Morgan fingerprint density at radius 1 is 1.08 bits per heavy atom. The van der Waals surface area contributed by atoms with Crippen molar-refractivity contribution >= 4 is 39.7 Å². The van der Waals surface area contributed by atoms with Crippen molar-refractivity contribution in [3.8, 4) is 5.75 Å². The van der Waals surface area contributed by atoms with Gasteiger partial charge in [-0.15, -0.1) is 0 Å². The van der Waals surface area contributed by atoms with Crippen LogP contribution in [0.2, 0.25) is 5.02 Å². The first kappa shape index (κ1) is 16.7. The van der Waals surface area contributed by atoms with Crippen LogP contribution in [0.25, 0.3) is 10.8 Å². The first-order valence-electron chi connectivity index (χ1n) is 7.38. The van der Waals surface area contributed by atoms with Crippen molar-refractivity contribution in [2.75, 3.05) is 11.9 Å². The quantitative estimate of drug-likeness (QED) is 0.542. The van der Waals surface area contributed by atoms with Crippen LogP contribution in [-0.2, 0) is 4.79 Å². The third-order valence-corrected chi connectivity index (χ3v) is 3.84. The maximum absolute atomic E-state index is 12.0. The van der Waals surface area contributed by atoms with Crippen LogP contribution in [0.15, 0.2) is 60.7 Å². The lowest BCUT2D eigenvalue weighted by molar-refractivity contribution is -0.384. The number of ether oxygens (including phenoxy) is 1. The van der Waals surface area contributed by atoms with Crippen LogP contribution in [-0.4, -0.2) is 17.4 Å². The molecule has 1 amide bonds. The fraction of sp³-hybridized carbons (Fsp3) is 0.0556. The number of carbonyl (C=O) groups is 1. The molecule has 0 unspecified atom stereocenters. The predicted molar refractivity (Wildman–Crippen MR) is 96.2 cm³/mol. The molecule has 3 aromatic rings. The van der Waals surface area contributed by atoms with Gasteiger partial charge in [-0.05, 0) is 35.0 Å². The number of nitro benzene ring substituents is 1. The molecule has 0 aliphatic rings. The summed E-state index contributed by atoms with van der Waals surface area (Å²) in [6.45, 7) is -0.214. The Balaban J connectivity index is 1.64. The Bertz CT molecular complexity index is 959. The molecule has 0 fully saturated rings. The van der Waals surface area contributed by atoms with E-state index in [1.165, 1.54) is 18.2 Å². The average molecular weight is 357 g/mol. The number of nitrogens with one attached hydrogen (secondary N) is 1. The molecule has 0 aliphatic heterocycles. The second-order valence-corrected chi connectivity index (χ2v) is 5.68. The van der Waals surface area contributed by atoms with Gasteiger partial charge in [0.15, 0.2) is 6.61 Å². The number of nitrogens with zero attached hydrogens (tertiary/aromatic N) is 1. The normalized spacial score (nSPS) is 10.4. The van der Waals surface area contributed by atoms with E-state index in [0.717, 1.165) is 10.8 Å². The summed E-state index contributed by atoms with van der Waals surface area (Å²) in [5.74, 6) is 0.140. The Labute approximate surface area is 148 Å². The molecule has 0 saturated carbocycles. The van der Waals surface area contributed by atoms with Crippen LogP contribution in [0.5, 0.6) is 5.75 Å². The third kappa shape index (κ3) is 4.05. The van der Waals surface area contributed by atoms with Gasteiger partial charge >= 0.3 is 0 Å². The van der Waals surface area contributed by atoms with Crippen LogP contribution in [0.4, 0.5) is 11.4 Å². The molecule has 3 aromatic carbocycles. The first-order chi connectivity index (χ1) is 12.0. The second kappa shape index (κ2) is 7.19. The van der Waals surface area contributed by atoms with E-state index in [4.69, 9.17) is 16.3 Å². The molecule has 0 aliphatic carbocycles. The highest BCUT2D eigenvalue weighted by Gasteiger charge is 2.14. The van der Waals surface area contributed by atoms with E-state index in [1.807, 2.05) is 36.4 Å². The molecule has 0 bridgehead atoms.